The van der Waals surface area contributed by atoms with Gasteiger partial charge in [-0.25, -0.2) is 4.39 Å². The number of oxime groups is 1. The monoisotopic (exact) mass is 275 g/mol. The Morgan fingerprint density at radius 2 is 2.33 bits per heavy atom. The highest BCUT2D eigenvalue weighted by Crippen LogP contribution is 2.23. The van der Waals surface area contributed by atoms with Crippen molar-refractivity contribution in [3.05, 3.63) is 28.5 Å². The lowest BCUT2D eigenvalue weighted by atomic mass is 10.2. The molecule has 15 heavy (non-hydrogen) atoms. The van der Waals surface area contributed by atoms with Gasteiger partial charge < -0.3 is 16.3 Å². The SMILES string of the molecule is CC(Nc1cc(F)ccc1Br)/C(N)=N/O. The van der Waals surface area contributed by atoms with E-state index in [0.717, 1.165) is 0 Å². The third-order valence-corrected chi connectivity index (χ3v) is 2.55. The fraction of sp³-hybridized carbons (Fsp3) is 0.222. The third-order valence-electron chi connectivity index (χ3n) is 1.86. The number of halogens is 2. The molecule has 0 heterocycles. The van der Waals surface area contributed by atoms with E-state index in [0.29, 0.717) is 10.2 Å². The van der Waals surface area contributed by atoms with Crippen LogP contribution in [0.1, 0.15) is 6.92 Å². The van der Waals surface area contributed by atoms with Gasteiger partial charge in [0.05, 0.1) is 11.7 Å². The lowest BCUT2D eigenvalue weighted by Crippen LogP contribution is -2.33. The van der Waals surface area contributed by atoms with E-state index in [4.69, 9.17) is 10.9 Å². The lowest BCUT2D eigenvalue weighted by Gasteiger charge is -2.14. The van der Waals surface area contributed by atoms with Gasteiger partial charge in [0.15, 0.2) is 5.84 Å². The molecule has 0 bridgehead atoms. The predicted molar refractivity (Wildman–Crippen MR) is 60.6 cm³/mol. The minimum absolute atomic E-state index is 0.0335. The molecule has 4 N–H and O–H groups in total. The van der Waals surface area contributed by atoms with Crippen LogP contribution in [0.4, 0.5) is 10.1 Å². The summed E-state index contributed by atoms with van der Waals surface area (Å²) in [5.41, 5.74) is 5.93. The summed E-state index contributed by atoms with van der Waals surface area (Å²) in [4.78, 5) is 0. The first-order valence-corrected chi connectivity index (χ1v) is 5.03. The Morgan fingerprint density at radius 1 is 1.67 bits per heavy atom. The first-order chi connectivity index (χ1) is 7.04. The zero-order valence-corrected chi connectivity index (χ0v) is 9.62. The maximum absolute atomic E-state index is 12.9. The molecule has 0 fully saturated rings. The van der Waals surface area contributed by atoms with Crippen LogP contribution in [0, 0.1) is 5.82 Å². The molecule has 0 amide bonds. The smallest absolute Gasteiger partial charge is 0.161 e. The van der Waals surface area contributed by atoms with Crippen LogP contribution in [0.15, 0.2) is 27.8 Å². The molecule has 0 aliphatic rings. The molecule has 82 valence electrons. The van der Waals surface area contributed by atoms with Crippen LogP contribution in [-0.2, 0) is 0 Å². The van der Waals surface area contributed by atoms with Crippen molar-refractivity contribution >= 4 is 27.5 Å². The minimum atomic E-state index is -0.381. The minimum Gasteiger partial charge on any atom is -0.409 e. The highest BCUT2D eigenvalue weighted by atomic mass is 79.9. The number of hydrogen-bond donors (Lipinski definition) is 3. The van der Waals surface area contributed by atoms with Crippen LogP contribution in [0.5, 0.6) is 0 Å². The summed E-state index contributed by atoms with van der Waals surface area (Å²) in [7, 11) is 0. The van der Waals surface area contributed by atoms with Gasteiger partial charge in [-0.2, -0.15) is 0 Å². The van der Waals surface area contributed by atoms with Crippen molar-refractivity contribution in [3.8, 4) is 0 Å². The molecular weight excluding hydrogens is 265 g/mol. The van der Waals surface area contributed by atoms with E-state index in [-0.39, 0.29) is 17.7 Å². The van der Waals surface area contributed by atoms with Crippen molar-refractivity contribution < 1.29 is 9.60 Å². The second-order valence-corrected chi connectivity index (χ2v) is 3.87. The Balaban J connectivity index is 2.85. The van der Waals surface area contributed by atoms with Crippen molar-refractivity contribution in [1.29, 1.82) is 0 Å². The molecule has 1 atom stereocenters. The summed E-state index contributed by atoms with van der Waals surface area (Å²) in [6, 6.07) is 3.86. The number of rotatable bonds is 3. The third kappa shape index (κ3) is 3.09. The first kappa shape index (κ1) is 11.8. The molecule has 0 aromatic heterocycles. The molecule has 0 spiro atoms. The maximum Gasteiger partial charge on any atom is 0.161 e. The highest BCUT2D eigenvalue weighted by Gasteiger charge is 2.09. The number of amidine groups is 1. The van der Waals surface area contributed by atoms with Crippen LogP contribution in [0.3, 0.4) is 0 Å². The fourth-order valence-electron chi connectivity index (χ4n) is 1.00. The fourth-order valence-corrected chi connectivity index (χ4v) is 1.36. The molecule has 0 radical (unpaired) electrons. The van der Waals surface area contributed by atoms with Gasteiger partial charge in [0, 0.05) is 4.47 Å². The normalized spacial score (nSPS) is 13.7. The Bertz CT molecular complexity index is 384. The molecule has 0 aliphatic carbocycles. The van der Waals surface area contributed by atoms with Gasteiger partial charge in [0.25, 0.3) is 0 Å². The predicted octanol–water partition coefficient (Wildman–Crippen LogP) is 2.13. The summed E-state index contributed by atoms with van der Waals surface area (Å²) >= 11 is 3.26. The molecule has 1 aromatic carbocycles. The summed E-state index contributed by atoms with van der Waals surface area (Å²) in [5, 5.41) is 14.2. The topological polar surface area (TPSA) is 70.6 Å². The zero-order valence-electron chi connectivity index (χ0n) is 8.04. The summed E-state index contributed by atoms with van der Waals surface area (Å²) in [5.74, 6) is -0.321. The van der Waals surface area contributed by atoms with Gasteiger partial charge in [-0.05, 0) is 41.1 Å². The van der Waals surface area contributed by atoms with Gasteiger partial charge >= 0.3 is 0 Å². The van der Waals surface area contributed by atoms with E-state index >= 15 is 0 Å². The van der Waals surface area contributed by atoms with Gasteiger partial charge in [-0.15, -0.1) is 0 Å². The Hall–Kier alpha value is -1.30. The molecule has 0 saturated heterocycles. The average molecular weight is 276 g/mol. The summed E-state index contributed by atoms with van der Waals surface area (Å²) in [6.07, 6.45) is 0. The van der Waals surface area contributed by atoms with E-state index in [1.807, 2.05) is 0 Å². The molecule has 1 rings (SSSR count). The van der Waals surface area contributed by atoms with Crippen LogP contribution in [0.25, 0.3) is 0 Å². The Labute approximate surface area is 95.1 Å². The number of hydrogen-bond acceptors (Lipinski definition) is 3. The van der Waals surface area contributed by atoms with E-state index < -0.39 is 0 Å². The Kier molecular flexibility index (Phi) is 3.90. The summed E-state index contributed by atoms with van der Waals surface area (Å²) < 4.78 is 13.6. The second kappa shape index (κ2) is 4.97. The largest absolute Gasteiger partial charge is 0.409 e. The van der Waals surface area contributed by atoms with Crippen molar-refractivity contribution in [2.24, 2.45) is 10.9 Å². The molecule has 1 unspecified atom stereocenters. The lowest BCUT2D eigenvalue weighted by molar-refractivity contribution is 0.316. The maximum atomic E-state index is 12.9. The standard InChI is InChI=1S/C9H11BrFN3O/c1-5(9(12)14-15)13-8-4-6(11)2-3-7(8)10/h2-5,13,15H,1H3,(H2,12,14). The highest BCUT2D eigenvalue weighted by molar-refractivity contribution is 9.10. The number of nitrogens with two attached hydrogens (primary N) is 1. The van der Waals surface area contributed by atoms with E-state index in [1.165, 1.54) is 12.1 Å². The summed E-state index contributed by atoms with van der Waals surface area (Å²) in [6.45, 7) is 1.70. The number of anilines is 1. The number of nitrogens with zero attached hydrogens (tertiary/aromatic N) is 1. The van der Waals surface area contributed by atoms with Gasteiger partial charge in [0.2, 0.25) is 0 Å². The van der Waals surface area contributed by atoms with Gasteiger partial charge in [0.1, 0.15) is 5.82 Å². The van der Waals surface area contributed by atoms with Crippen molar-refractivity contribution in [2.45, 2.75) is 13.0 Å². The molecular formula is C9H11BrFN3O. The zero-order chi connectivity index (χ0) is 11.4. The van der Waals surface area contributed by atoms with E-state index in [1.54, 1.807) is 13.0 Å². The van der Waals surface area contributed by atoms with E-state index in [9.17, 15) is 4.39 Å². The quantitative estimate of drug-likeness (QED) is 0.343. The van der Waals surface area contributed by atoms with Crippen LogP contribution >= 0.6 is 15.9 Å². The van der Waals surface area contributed by atoms with Gasteiger partial charge in [-0.3, -0.25) is 0 Å². The van der Waals surface area contributed by atoms with Crippen molar-refractivity contribution in [3.63, 3.8) is 0 Å². The van der Waals surface area contributed by atoms with Crippen LogP contribution in [-0.4, -0.2) is 17.1 Å². The molecule has 0 saturated carbocycles. The molecule has 1 aromatic rings. The van der Waals surface area contributed by atoms with Crippen molar-refractivity contribution in [2.75, 3.05) is 5.32 Å². The molecule has 6 heteroatoms. The van der Waals surface area contributed by atoms with Gasteiger partial charge in [-0.1, -0.05) is 5.16 Å². The van der Waals surface area contributed by atoms with Crippen LogP contribution < -0.4 is 11.1 Å². The van der Waals surface area contributed by atoms with Crippen molar-refractivity contribution in [1.82, 2.24) is 0 Å². The number of nitrogens with one attached hydrogen (secondary N) is 1. The Morgan fingerprint density at radius 3 is 2.93 bits per heavy atom. The second-order valence-electron chi connectivity index (χ2n) is 3.02. The average Bonchev–Trinajstić information content (AvgIpc) is 2.22. The molecule has 4 nitrogen and oxygen atoms in total. The first-order valence-electron chi connectivity index (χ1n) is 4.23. The molecule has 0 aliphatic heterocycles. The van der Waals surface area contributed by atoms with E-state index in [2.05, 4.69) is 26.4 Å². The number of benzene rings is 1. The van der Waals surface area contributed by atoms with Crippen LogP contribution in [0.2, 0.25) is 0 Å².